The van der Waals surface area contributed by atoms with Crippen LogP contribution in [0.3, 0.4) is 0 Å². The second-order valence-electron chi connectivity index (χ2n) is 6.43. The lowest BCUT2D eigenvalue weighted by Crippen LogP contribution is -2.08. The van der Waals surface area contributed by atoms with Gasteiger partial charge in [-0.25, -0.2) is 15.0 Å². The first-order valence-electron chi connectivity index (χ1n) is 8.75. The molecule has 4 heterocycles. The minimum absolute atomic E-state index is 0.146. The number of nitrogens with one attached hydrogen (secondary N) is 1. The molecule has 0 bridgehead atoms. The molecule has 5 aromatic rings. The number of benzene rings is 1. The van der Waals surface area contributed by atoms with Crippen LogP contribution >= 0.6 is 11.3 Å². The number of H-pyrrole nitrogens is 1. The number of pyridine rings is 2. The molecule has 0 radical (unpaired) electrons. The highest BCUT2D eigenvalue weighted by molar-refractivity contribution is 7.15. The van der Waals surface area contributed by atoms with Gasteiger partial charge in [0, 0.05) is 29.4 Å². The van der Waals surface area contributed by atoms with Crippen molar-refractivity contribution in [1.29, 1.82) is 5.26 Å². The Morgan fingerprint density at radius 2 is 2.00 bits per heavy atom. The molecule has 29 heavy (non-hydrogen) atoms. The Kier molecular flexibility index (Phi) is 3.89. The van der Waals surface area contributed by atoms with E-state index in [-0.39, 0.29) is 22.3 Å². The topological polar surface area (TPSA) is 108 Å². The molecule has 4 aromatic heterocycles. The molecule has 0 amide bonds. The molecule has 1 aromatic carbocycles. The number of nitrogens with zero attached hydrogens (tertiary/aromatic N) is 5. The van der Waals surface area contributed by atoms with E-state index in [1.54, 1.807) is 12.4 Å². The molecule has 1 N–H and O–H groups in total. The molecule has 0 fully saturated rings. The summed E-state index contributed by atoms with van der Waals surface area (Å²) in [6, 6.07) is 12.9. The normalized spacial score (nSPS) is 11.0. The van der Waals surface area contributed by atoms with Gasteiger partial charge in [0.05, 0.1) is 21.1 Å². The molecule has 0 aliphatic rings. The summed E-state index contributed by atoms with van der Waals surface area (Å²) in [5.74, 6) is 0. The zero-order valence-electron chi connectivity index (χ0n) is 15.2. The largest absolute Gasteiger partial charge is 0.329 e. The highest BCUT2D eigenvalue weighted by Gasteiger charge is 2.17. The Morgan fingerprint density at radius 3 is 2.79 bits per heavy atom. The van der Waals surface area contributed by atoms with E-state index in [0.29, 0.717) is 11.4 Å². The molecule has 7 nitrogen and oxygen atoms in total. The zero-order valence-corrected chi connectivity index (χ0v) is 16.0. The minimum atomic E-state index is -0.349. The average molecular weight is 396 g/mol. The summed E-state index contributed by atoms with van der Waals surface area (Å²) in [6.07, 6.45) is 3.49. The summed E-state index contributed by atoms with van der Waals surface area (Å²) in [7, 11) is 0. The molecule has 0 aliphatic carbocycles. The third-order valence-electron chi connectivity index (χ3n) is 4.51. The van der Waals surface area contributed by atoms with Gasteiger partial charge in [-0.3, -0.25) is 9.78 Å². The molecular formula is C21H12N6OS. The number of aryl methyl sites for hydroxylation is 1. The first-order chi connectivity index (χ1) is 14.1. The van der Waals surface area contributed by atoms with E-state index in [4.69, 9.17) is 5.26 Å². The fourth-order valence-corrected chi connectivity index (χ4v) is 3.95. The van der Waals surface area contributed by atoms with Gasteiger partial charge in [-0.05, 0) is 25.1 Å². The maximum Gasteiger partial charge on any atom is 0.210 e. The Bertz CT molecular complexity index is 1510. The Morgan fingerprint density at radius 1 is 1.10 bits per heavy atom. The van der Waals surface area contributed by atoms with Crippen molar-refractivity contribution in [2.75, 3.05) is 0 Å². The van der Waals surface area contributed by atoms with Crippen molar-refractivity contribution in [3.05, 3.63) is 69.7 Å². The fourth-order valence-electron chi connectivity index (χ4n) is 3.18. The molecule has 0 spiro atoms. The van der Waals surface area contributed by atoms with E-state index < -0.39 is 0 Å². The van der Waals surface area contributed by atoms with Crippen LogP contribution in [0.25, 0.3) is 43.9 Å². The van der Waals surface area contributed by atoms with E-state index in [2.05, 4.69) is 24.9 Å². The van der Waals surface area contributed by atoms with Crippen molar-refractivity contribution in [2.24, 2.45) is 0 Å². The van der Waals surface area contributed by atoms with Gasteiger partial charge in [0.2, 0.25) is 5.43 Å². The van der Waals surface area contributed by atoms with Gasteiger partial charge >= 0.3 is 0 Å². The summed E-state index contributed by atoms with van der Waals surface area (Å²) in [6.45, 7) is 1.92. The van der Waals surface area contributed by atoms with Gasteiger partial charge in [-0.2, -0.15) is 5.26 Å². The maximum atomic E-state index is 12.5. The number of fused-ring (bicyclic) bond motifs is 2. The van der Waals surface area contributed by atoms with Crippen molar-refractivity contribution >= 4 is 33.4 Å². The predicted molar refractivity (Wildman–Crippen MR) is 111 cm³/mol. The van der Waals surface area contributed by atoms with Crippen LogP contribution in [-0.2, 0) is 0 Å². The van der Waals surface area contributed by atoms with Gasteiger partial charge in [-0.15, -0.1) is 11.3 Å². The number of rotatable bonds is 2. The van der Waals surface area contributed by atoms with Crippen LogP contribution in [0.15, 0.2) is 53.6 Å². The van der Waals surface area contributed by atoms with Crippen molar-refractivity contribution in [3.63, 3.8) is 0 Å². The summed E-state index contributed by atoms with van der Waals surface area (Å²) >= 11 is 1.49. The van der Waals surface area contributed by atoms with E-state index in [9.17, 15) is 4.79 Å². The maximum absolute atomic E-state index is 12.5. The number of aromatic amines is 1. The lowest BCUT2D eigenvalue weighted by atomic mass is 10.1. The molecule has 0 unspecified atom stereocenters. The van der Waals surface area contributed by atoms with Crippen LogP contribution in [0.5, 0.6) is 0 Å². The summed E-state index contributed by atoms with van der Waals surface area (Å²) in [5.41, 5.74) is 3.16. The van der Waals surface area contributed by atoms with Gasteiger partial charge in [0.1, 0.15) is 17.5 Å². The first-order valence-corrected chi connectivity index (χ1v) is 9.57. The van der Waals surface area contributed by atoms with E-state index in [1.807, 2.05) is 43.3 Å². The van der Waals surface area contributed by atoms with Crippen LogP contribution in [0.1, 0.15) is 10.7 Å². The lowest BCUT2D eigenvalue weighted by molar-refractivity contribution is 1.20. The summed E-state index contributed by atoms with van der Waals surface area (Å²) in [4.78, 5) is 34.2. The third kappa shape index (κ3) is 2.94. The number of hydrogen-bond donors (Lipinski definition) is 1. The van der Waals surface area contributed by atoms with Crippen LogP contribution in [0, 0.1) is 18.3 Å². The Labute approximate surface area is 168 Å². The lowest BCUT2D eigenvalue weighted by Gasteiger charge is -2.09. The molecule has 5 rings (SSSR count). The molecule has 0 atom stereocenters. The van der Waals surface area contributed by atoms with Crippen molar-refractivity contribution in [1.82, 2.24) is 24.9 Å². The first kappa shape index (κ1) is 17.2. The Hall–Kier alpha value is -3.96. The van der Waals surface area contributed by atoms with Crippen LogP contribution in [-0.4, -0.2) is 24.9 Å². The monoisotopic (exact) mass is 396 g/mol. The summed E-state index contributed by atoms with van der Waals surface area (Å²) in [5, 5.41) is 11.0. The SMILES string of the molecule is Cc1ncc(-c2nc3[nH]c(C#N)cc(=O)c3nc2-c2ccc3ncccc3c2)s1. The molecular weight excluding hydrogens is 384 g/mol. The van der Waals surface area contributed by atoms with Crippen molar-refractivity contribution in [2.45, 2.75) is 6.92 Å². The van der Waals surface area contributed by atoms with Gasteiger partial charge in [0.25, 0.3) is 0 Å². The van der Waals surface area contributed by atoms with E-state index >= 15 is 0 Å². The third-order valence-corrected chi connectivity index (χ3v) is 5.43. The van der Waals surface area contributed by atoms with Crippen LogP contribution in [0.2, 0.25) is 0 Å². The predicted octanol–water partition coefficient (Wildman–Crippen LogP) is 3.84. The fraction of sp³-hybridized carbons (Fsp3) is 0.0476. The number of nitriles is 1. The average Bonchev–Trinajstić information content (AvgIpc) is 3.18. The second kappa shape index (κ2) is 6.58. The standard InChI is InChI=1S/C21H12N6OS/c1-11-24-10-17(29-11)20-18(13-4-5-15-12(7-13)3-2-6-23-15)26-19-16(28)8-14(9-22)25-21(19)27-20/h2-8,10H,1H3,(H,25,27,28). The van der Waals surface area contributed by atoms with E-state index in [0.717, 1.165) is 26.4 Å². The molecule has 0 aliphatic heterocycles. The molecule has 0 saturated carbocycles. The Balaban J connectivity index is 1.85. The van der Waals surface area contributed by atoms with Crippen molar-refractivity contribution in [3.8, 4) is 27.9 Å². The van der Waals surface area contributed by atoms with Gasteiger partial charge < -0.3 is 4.98 Å². The molecule has 138 valence electrons. The van der Waals surface area contributed by atoms with Crippen LogP contribution < -0.4 is 5.43 Å². The van der Waals surface area contributed by atoms with Crippen molar-refractivity contribution < 1.29 is 0 Å². The highest BCUT2D eigenvalue weighted by atomic mass is 32.1. The smallest absolute Gasteiger partial charge is 0.210 e. The van der Waals surface area contributed by atoms with Crippen LogP contribution in [0.4, 0.5) is 0 Å². The minimum Gasteiger partial charge on any atom is -0.329 e. The second-order valence-corrected chi connectivity index (χ2v) is 7.67. The zero-order chi connectivity index (χ0) is 20.0. The highest BCUT2D eigenvalue weighted by Crippen LogP contribution is 2.34. The summed E-state index contributed by atoms with van der Waals surface area (Å²) < 4.78 is 0. The number of aromatic nitrogens is 5. The van der Waals surface area contributed by atoms with Gasteiger partial charge in [0.15, 0.2) is 11.2 Å². The van der Waals surface area contributed by atoms with E-state index in [1.165, 1.54) is 17.4 Å². The van der Waals surface area contributed by atoms with Gasteiger partial charge in [-0.1, -0.05) is 12.1 Å². The number of hydrogen-bond acceptors (Lipinski definition) is 7. The molecule has 0 saturated heterocycles. The molecule has 8 heteroatoms. The number of thiazole rings is 1. The quantitative estimate of drug-likeness (QED) is 0.486.